The van der Waals surface area contributed by atoms with Crippen LogP contribution >= 0.6 is 15.9 Å². The summed E-state index contributed by atoms with van der Waals surface area (Å²) in [7, 11) is 0. The molecule has 1 aromatic carbocycles. The smallest absolute Gasteiger partial charge is 0.137 e. The SMILES string of the molecule is Fc1ccc(C2C3=CCCCC3=NC3C=NCC32)cc1Br. The Bertz CT molecular complexity index is 677. The quantitative estimate of drug-likeness (QED) is 0.723. The molecular formula is C17H16BrFN2. The number of fused-ring (bicyclic) bond motifs is 2. The molecule has 0 N–H and O–H groups in total. The van der Waals surface area contributed by atoms with Gasteiger partial charge in [0.1, 0.15) is 5.82 Å². The summed E-state index contributed by atoms with van der Waals surface area (Å²) in [6, 6.07) is 5.59. The van der Waals surface area contributed by atoms with E-state index in [4.69, 9.17) is 4.99 Å². The first-order valence-electron chi connectivity index (χ1n) is 7.46. The average Bonchev–Trinajstić information content (AvgIpc) is 2.95. The summed E-state index contributed by atoms with van der Waals surface area (Å²) >= 11 is 3.32. The van der Waals surface area contributed by atoms with E-state index in [1.54, 1.807) is 6.07 Å². The number of hydrogen-bond acceptors (Lipinski definition) is 2. The van der Waals surface area contributed by atoms with Crippen LogP contribution in [0.3, 0.4) is 0 Å². The maximum absolute atomic E-state index is 13.6. The summed E-state index contributed by atoms with van der Waals surface area (Å²) in [5, 5.41) is 0. The van der Waals surface area contributed by atoms with Crippen LogP contribution < -0.4 is 0 Å². The maximum atomic E-state index is 13.6. The van der Waals surface area contributed by atoms with Gasteiger partial charge in [-0.1, -0.05) is 12.1 Å². The summed E-state index contributed by atoms with van der Waals surface area (Å²) in [6.07, 6.45) is 7.68. The van der Waals surface area contributed by atoms with Gasteiger partial charge in [-0.15, -0.1) is 0 Å². The van der Waals surface area contributed by atoms with Crippen LogP contribution in [0.5, 0.6) is 0 Å². The Balaban J connectivity index is 1.82. The van der Waals surface area contributed by atoms with Crippen LogP contribution in [-0.4, -0.2) is 24.5 Å². The van der Waals surface area contributed by atoms with Gasteiger partial charge in [-0.3, -0.25) is 9.98 Å². The van der Waals surface area contributed by atoms with Gasteiger partial charge < -0.3 is 0 Å². The van der Waals surface area contributed by atoms with E-state index in [2.05, 4.69) is 27.0 Å². The second kappa shape index (κ2) is 5.16. The van der Waals surface area contributed by atoms with E-state index in [-0.39, 0.29) is 11.9 Å². The lowest BCUT2D eigenvalue weighted by Gasteiger charge is -2.36. The van der Waals surface area contributed by atoms with Crippen molar-refractivity contribution in [3.05, 3.63) is 45.7 Å². The van der Waals surface area contributed by atoms with Crippen molar-refractivity contribution in [2.75, 3.05) is 6.54 Å². The molecule has 2 nitrogen and oxygen atoms in total. The minimum absolute atomic E-state index is 0.198. The van der Waals surface area contributed by atoms with E-state index < -0.39 is 0 Å². The van der Waals surface area contributed by atoms with Gasteiger partial charge in [0.05, 0.1) is 10.5 Å². The molecule has 3 aliphatic rings. The largest absolute Gasteiger partial charge is 0.295 e. The molecule has 0 bridgehead atoms. The first-order chi connectivity index (χ1) is 10.2. The Morgan fingerprint density at radius 2 is 2.19 bits per heavy atom. The van der Waals surface area contributed by atoms with Gasteiger partial charge in [0.2, 0.25) is 0 Å². The molecule has 21 heavy (non-hydrogen) atoms. The van der Waals surface area contributed by atoms with E-state index >= 15 is 0 Å². The number of rotatable bonds is 1. The van der Waals surface area contributed by atoms with Crippen molar-refractivity contribution in [3.63, 3.8) is 0 Å². The predicted octanol–water partition coefficient (Wildman–Crippen LogP) is 4.31. The van der Waals surface area contributed by atoms with Crippen LogP contribution in [0.4, 0.5) is 4.39 Å². The molecule has 4 rings (SSSR count). The van der Waals surface area contributed by atoms with Crippen molar-refractivity contribution in [2.45, 2.75) is 31.2 Å². The molecule has 2 aliphatic heterocycles. The molecule has 0 radical (unpaired) electrons. The zero-order chi connectivity index (χ0) is 14.4. The molecule has 2 heterocycles. The standard InChI is InChI=1S/C17H16BrFN2/c18-13-7-10(5-6-14(13)19)17-11-3-1-2-4-15(11)21-16-9-20-8-12(16)17/h3,5-7,9,12,16-17H,1-2,4,8H2. The van der Waals surface area contributed by atoms with Crippen LogP contribution in [-0.2, 0) is 0 Å². The molecule has 3 unspecified atom stereocenters. The molecule has 0 saturated heterocycles. The predicted molar refractivity (Wildman–Crippen MR) is 86.8 cm³/mol. The molecule has 1 aromatic rings. The van der Waals surface area contributed by atoms with Crippen molar-refractivity contribution in [2.24, 2.45) is 15.9 Å². The lowest BCUT2D eigenvalue weighted by Crippen LogP contribution is -2.35. The van der Waals surface area contributed by atoms with Gasteiger partial charge in [0.25, 0.3) is 0 Å². The number of benzene rings is 1. The third-order valence-electron chi connectivity index (χ3n) is 4.70. The lowest BCUT2D eigenvalue weighted by molar-refractivity contribution is 0.460. The summed E-state index contributed by atoms with van der Waals surface area (Å²) in [6.45, 7) is 0.818. The highest BCUT2D eigenvalue weighted by Gasteiger charge is 2.40. The first kappa shape index (κ1) is 13.4. The molecule has 1 aliphatic carbocycles. The van der Waals surface area contributed by atoms with Crippen molar-refractivity contribution < 1.29 is 4.39 Å². The monoisotopic (exact) mass is 346 g/mol. The third-order valence-corrected chi connectivity index (χ3v) is 5.31. The fourth-order valence-corrected chi connectivity index (χ4v) is 4.12. The van der Waals surface area contributed by atoms with Crippen molar-refractivity contribution in [3.8, 4) is 0 Å². The number of hydrogen-bond donors (Lipinski definition) is 0. The first-order valence-corrected chi connectivity index (χ1v) is 8.25. The number of aliphatic imine (C=N–C) groups is 2. The molecule has 108 valence electrons. The van der Waals surface area contributed by atoms with Crippen LogP contribution in [0.25, 0.3) is 0 Å². The van der Waals surface area contributed by atoms with Crippen LogP contribution in [0.2, 0.25) is 0 Å². The van der Waals surface area contributed by atoms with Gasteiger partial charge in [0.15, 0.2) is 0 Å². The zero-order valence-electron chi connectivity index (χ0n) is 11.6. The molecular weight excluding hydrogens is 331 g/mol. The van der Waals surface area contributed by atoms with E-state index in [0.717, 1.165) is 19.4 Å². The van der Waals surface area contributed by atoms with E-state index in [1.165, 1.54) is 23.3 Å². The van der Waals surface area contributed by atoms with Gasteiger partial charge in [-0.25, -0.2) is 4.39 Å². The highest BCUT2D eigenvalue weighted by molar-refractivity contribution is 9.10. The van der Waals surface area contributed by atoms with Gasteiger partial charge in [-0.2, -0.15) is 0 Å². The summed E-state index contributed by atoms with van der Waals surface area (Å²) in [5.74, 6) is 0.470. The maximum Gasteiger partial charge on any atom is 0.137 e. The van der Waals surface area contributed by atoms with Crippen molar-refractivity contribution in [1.82, 2.24) is 0 Å². The minimum Gasteiger partial charge on any atom is -0.295 e. The van der Waals surface area contributed by atoms with E-state index in [9.17, 15) is 4.39 Å². The highest BCUT2D eigenvalue weighted by atomic mass is 79.9. The van der Waals surface area contributed by atoms with Gasteiger partial charge >= 0.3 is 0 Å². The fraction of sp³-hybridized carbons (Fsp3) is 0.412. The zero-order valence-corrected chi connectivity index (χ0v) is 13.2. The van der Waals surface area contributed by atoms with Crippen LogP contribution in [0.15, 0.2) is 44.3 Å². The fourth-order valence-electron chi connectivity index (χ4n) is 3.72. The van der Waals surface area contributed by atoms with Crippen LogP contribution in [0.1, 0.15) is 30.7 Å². The highest BCUT2D eigenvalue weighted by Crippen LogP contribution is 2.44. The Hall–Kier alpha value is -1.29. The molecule has 0 amide bonds. The van der Waals surface area contributed by atoms with Crippen molar-refractivity contribution in [1.29, 1.82) is 0 Å². The number of allylic oxidation sites excluding steroid dienone is 2. The molecule has 3 atom stereocenters. The second-order valence-corrected chi connectivity index (χ2v) is 6.80. The third kappa shape index (κ3) is 2.20. The molecule has 4 heteroatoms. The molecule has 0 fully saturated rings. The Kier molecular flexibility index (Phi) is 3.29. The molecule has 0 aromatic heterocycles. The lowest BCUT2D eigenvalue weighted by atomic mass is 9.72. The summed E-state index contributed by atoms with van der Waals surface area (Å²) in [4.78, 5) is 9.35. The summed E-state index contributed by atoms with van der Waals surface area (Å²) < 4.78 is 14.1. The normalized spacial score (nSPS) is 30.5. The van der Waals surface area contributed by atoms with Gasteiger partial charge in [-0.05, 0) is 58.5 Å². The Labute approximate surface area is 132 Å². The minimum atomic E-state index is -0.208. The van der Waals surface area contributed by atoms with E-state index in [0.29, 0.717) is 16.3 Å². The second-order valence-electron chi connectivity index (χ2n) is 5.95. The average molecular weight is 347 g/mol. The number of halogens is 2. The molecule has 0 spiro atoms. The Morgan fingerprint density at radius 1 is 1.29 bits per heavy atom. The van der Waals surface area contributed by atoms with Crippen LogP contribution in [0, 0.1) is 11.7 Å². The van der Waals surface area contributed by atoms with Gasteiger partial charge in [0, 0.05) is 30.3 Å². The molecule has 0 saturated carbocycles. The summed E-state index contributed by atoms with van der Waals surface area (Å²) in [5.41, 5.74) is 3.76. The number of nitrogens with zero attached hydrogens (tertiary/aromatic N) is 2. The van der Waals surface area contributed by atoms with E-state index in [1.807, 2.05) is 18.3 Å². The van der Waals surface area contributed by atoms with Crippen molar-refractivity contribution >= 4 is 27.9 Å². The topological polar surface area (TPSA) is 24.7 Å². The Morgan fingerprint density at radius 3 is 3.05 bits per heavy atom.